The van der Waals surface area contributed by atoms with Crippen LogP contribution in [0.1, 0.15) is 27.0 Å². The molecular formula is C36H35N3O5S. The molecule has 0 bridgehead atoms. The summed E-state index contributed by atoms with van der Waals surface area (Å²) >= 11 is 1.56. The summed E-state index contributed by atoms with van der Waals surface area (Å²) in [6.07, 6.45) is 1.03. The number of carboxylic acid groups (broad SMARTS) is 1. The standard InChI is InChI=1S/C36H35N3O5S/c1-43-29-17-18-33(44-2)30(22-29)32-24-45-36(38-32)39(20-19-25-9-5-3-6-10-25)23-27-13-15-28(16-14-27)34(40)37-31(35(41)42)21-26-11-7-4-8-12-26/h3-18,22,24,31H,19-21,23H2,1-2H3,(H,37,40)(H,41,42). The highest BCUT2D eigenvalue weighted by Crippen LogP contribution is 2.36. The van der Waals surface area contributed by atoms with Gasteiger partial charge in [-0.15, -0.1) is 11.3 Å². The number of hydrogen-bond donors (Lipinski definition) is 2. The second-order valence-electron chi connectivity index (χ2n) is 10.5. The summed E-state index contributed by atoms with van der Waals surface area (Å²) in [5.74, 6) is -0.0683. The molecule has 0 saturated carbocycles. The molecule has 230 valence electrons. The number of ether oxygens (including phenoxy) is 2. The van der Waals surface area contributed by atoms with Crippen molar-refractivity contribution in [1.82, 2.24) is 10.3 Å². The van der Waals surface area contributed by atoms with Crippen LogP contribution in [0.15, 0.2) is 109 Å². The average Bonchev–Trinajstić information content (AvgIpc) is 3.57. The van der Waals surface area contributed by atoms with Crippen LogP contribution in [0.3, 0.4) is 0 Å². The summed E-state index contributed by atoms with van der Waals surface area (Å²) in [7, 11) is 3.27. The van der Waals surface area contributed by atoms with Crippen molar-refractivity contribution in [1.29, 1.82) is 0 Å². The van der Waals surface area contributed by atoms with Gasteiger partial charge in [0.2, 0.25) is 0 Å². The first kappa shape index (κ1) is 31.3. The number of carbonyl (C=O) groups is 2. The maximum absolute atomic E-state index is 13.0. The predicted octanol–water partition coefficient (Wildman–Crippen LogP) is 6.50. The second kappa shape index (κ2) is 15.0. The number of nitrogens with one attached hydrogen (secondary N) is 1. The van der Waals surface area contributed by atoms with E-state index in [2.05, 4.69) is 22.3 Å². The number of carboxylic acids is 1. The highest BCUT2D eigenvalue weighted by atomic mass is 32.1. The number of thiazole rings is 1. The lowest BCUT2D eigenvalue weighted by molar-refractivity contribution is -0.139. The molecular weight excluding hydrogens is 586 g/mol. The Labute approximate surface area is 266 Å². The van der Waals surface area contributed by atoms with E-state index in [-0.39, 0.29) is 6.42 Å². The Kier molecular flexibility index (Phi) is 10.4. The number of rotatable bonds is 14. The molecule has 0 saturated heterocycles. The van der Waals surface area contributed by atoms with Crippen LogP contribution < -0.4 is 19.7 Å². The first-order chi connectivity index (χ1) is 21.9. The molecule has 1 atom stereocenters. The lowest BCUT2D eigenvalue weighted by Crippen LogP contribution is -2.42. The van der Waals surface area contributed by atoms with Crippen LogP contribution in [0.4, 0.5) is 5.13 Å². The summed E-state index contributed by atoms with van der Waals surface area (Å²) in [4.78, 5) is 32.1. The molecule has 1 heterocycles. The third-order valence-electron chi connectivity index (χ3n) is 7.43. The Morgan fingerprint density at radius 3 is 2.20 bits per heavy atom. The zero-order valence-electron chi connectivity index (χ0n) is 25.2. The predicted molar refractivity (Wildman–Crippen MR) is 177 cm³/mol. The number of carbonyl (C=O) groups excluding carboxylic acids is 1. The van der Waals surface area contributed by atoms with Crippen molar-refractivity contribution in [3.05, 3.63) is 131 Å². The van der Waals surface area contributed by atoms with Crippen molar-refractivity contribution in [3.63, 3.8) is 0 Å². The third-order valence-corrected chi connectivity index (χ3v) is 8.34. The molecule has 2 N–H and O–H groups in total. The summed E-state index contributed by atoms with van der Waals surface area (Å²) < 4.78 is 11.0. The van der Waals surface area contributed by atoms with E-state index in [4.69, 9.17) is 14.5 Å². The molecule has 8 nitrogen and oxygen atoms in total. The normalized spacial score (nSPS) is 11.4. The molecule has 0 radical (unpaired) electrons. The van der Waals surface area contributed by atoms with Crippen LogP contribution in [0.25, 0.3) is 11.3 Å². The first-order valence-corrected chi connectivity index (χ1v) is 15.4. The monoisotopic (exact) mass is 621 g/mol. The molecule has 0 spiro atoms. The van der Waals surface area contributed by atoms with Gasteiger partial charge < -0.3 is 24.8 Å². The quantitative estimate of drug-likeness (QED) is 0.146. The van der Waals surface area contributed by atoms with E-state index < -0.39 is 17.9 Å². The van der Waals surface area contributed by atoms with Crippen molar-refractivity contribution in [3.8, 4) is 22.8 Å². The molecule has 45 heavy (non-hydrogen) atoms. The molecule has 0 fully saturated rings. The summed E-state index contributed by atoms with van der Waals surface area (Å²) in [6.45, 7) is 1.30. The molecule has 0 aliphatic carbocycles. The molecule has 5 rings (SSSR count). The lowest BCUT2D eigenvalue weighted by atomic mass is 10.0. The third kappa shape index (κ3) is 8.27. The minimum atomic E-state index is -1.08. The van der Waals surface area contributed by atoms with Crippen LogP contribution in [0, 0.1) is 0 Å². The topological polar surface area (TPSA) is 101 Å². The highest BCUT2D eigenvalue weighted by molar-refractivity contribution is 7.14. The fourth-order valence-corrected chi connectivity index (χ4v) is 5.82. The minimum absolute atomic E-state index is 0.202. The zero-order valence-corrected chi connectivity index (χ0v) is 26.0. The Morgan fingerprint density at radius 1 is 0.867 bits per heavy atom. The summed E-state index contributed by atoms with van der Waals surface area (Å²) in [5.41, 5.74) is 5.11. The minimum Gasteiger partial charge on any atom is -0.497 e. The molecule has 1 amide bonds. The lowest BCUT2D eigenvalue weighted by Gasteiger charge is -2.22. The molecule has 1 aromatic heterocycles. The van der Waals surface area contributed by atoms with E-state index in [0.717, 1.165) is 46.2 Å². The molecule has 5 aromatic rings. The second-order valence-corrected chi connectivity index (χ2v) is 11.3. The summed E-state index contributed by atoms with van der Waals surface area (Å²) in [5, 5.41) is 15.2. The largest absolute Gasteiger partial charge is 0.497 e. The van der Waals surface area contributed by atoms with Crippen molar-refractivity contribution in [2.45, 2.75) is 25.4 Å². The fraction of sp³-hybridized carbons (Fsp3) is 0.194. The van der Waals surface area contributed by atoms with Gasteiger partial charge >= 0.3 is 5.97 Å². The maximum Gasteiger partial charge on any atom is 0.326 e. The fourth-order valence-electron chi connectivity index (χ4n) is 4.97. The molecule has 0 aliphatic heterocycles. The Morgan fingerprint density at radius 2 is 1.56 bits per heavy atom. The number of amides is 1. The van der Waals surface area contributed by atoms with Gasteiger partial charge in [-0.2, -0.15) is 0 Å². The number of benzene rings is 4. The molecule has 0 aliphatic rings. The van der Waals surface area contributed by atoms with Crippen LogP contribution in [-0.4, -0.2) is 48.8 Å². The van der Waals surface area contributed by atoms with Crippen molar-refractivity contribution in [2.24, 2.45) is 0 Å². The van der Waals surface area contributed by atoms with Crippen LogP contribution in [0.2, 0.25) is 0 Å². The highest BCUT2D eigenvalue weighted by Gasteiger charge is 2.22. The smallest absolute Gasteiger partial charge is 0.326 e. The van der Waals surface area contributed by atoms with E-state index in [1.54, 1.807) is 37.7 Å². The van der Waals surface area contributed by atoms with Gasteiger partial charge in [-0.3, -0.25) is 4.79 Å². The van der Waals surface area contributed by atoms with Gasteiger partial charge in [0.1, 0.15) is 17.5 Å². The van der Waals surface area contributed by atoms with E-state index in [1.807, 2.05) is 84.2 Å². The van der Waals surface area contributed by atoms with E-state index in [0.29, 0.717) is 17.9 Å². The number of anilines is 1. The number of aromatic nitrogens is 1. The number of nitrogens with zero attached hydrogens (tertiary/aromatic N) is 2. The Balaban J connectivity index is 1.33. The van der Waals surface area contributed by atoms with Gasteiger partial charge in [0, 0.05) is 36.0 Å². The first-order valence-electron chi connectivity index (χ1n) is 14.6. The van der Waals surface area contributed by atoms with Gasteiger partial charge in [0.15, 0.2) is 5.13 Å². The number of hydrogen-bond acceptors (Lipinski definition) is 7. The van der Waals surface area contributed by atoms with Crippen LogP contribution >= 0.6 is 11.3 Å². The van der Waals surface area contributed by atoms with E-state index >= 15 is 0 Å². The van der Waals surface area contributed by atoms with E-state index in [9.17, 15) is 14.7 Å². The Hall–Kier alpha value is -5.15. The van der Waals surface area contributed by atoms with Crippen molar-refractivity contribution < 1.29 is 24.2 Å². The number of methoxy groups -OCH3 is 2. The van der Waals surface area contributed by atoms with E-state index in [1.165, 1.54) is 5.56 Å². The Bertz CT molecular complexity index is 1710. The number of aliphatic carboxylic acids is 1. The summed E-state index contributed by atoms with van der Waals surface area (Å²) in [6, 6.07) is 31.4. The van der Waals surface area contributed by atoms with Gasteiger partial charge in [-0.25, -0.2) is 9.78 Å². The molecule has 9 heteroatoms. The van der Waals surface area contributed by atoms with Gasteiger partial charge in [0.05, 0.1) is 19.9 Å². The van der Waals surface area contributed by atoms with Crippen molar-refractivity contribution in [2.75, 3.05) is 25.7 Å². The SMILES string of the molecule is COc1ccc(OC)c(-c2csc(N(CCc3ccccc3)Cc3ccc(C(=O)NC(Cc4ccccc4)C(=O)O)cc3)n2)c1. The van der Waals surface area contributed by atoms with Crippen LogP contribution in [-0.2, 0) is 24.2 Å². The van der Waals surface area contributed by atoms with Gasteiger partial charge in [-0.1, -0.05) is 72.8 Å². The average molecular weight is 622 g/mol. The van der Waals surface area contributed by atoms with Crippen molar-refractivity contribution >= 4 is 28.3 Å². The molecule has 1 unspecified atom stereocenters. The zero-order chi connectivity index (χ0) is 31.6. The van der Waals surface area contributed by atoms with Crippen LogP contribution in [0.5, 0.6) is 11.5 Å². The maximum atomic E-state index is 13.0. The van der Waals surface area contributed by atoms with Gasteiger partial charge in [-0.05, 0) is 53.4 Å². The molecule has 4 aromatic carbocycles. The van der Waals surface area contributed by atoms with Gasteiger partial charge in [0.25, 0.3) is 5.91 Å².